The standard InChI is InChI=1S/C15H19Cl2N3O2S/c1-5-14-11(10(2)18-20(14)4)9-19(3)23(21,22)15-12(16)7-6-8-13(15)17/h6-8H,5,9H2,1-4H3. The van der Waals surface area contributed by atoms with Gasteiger partial charge in [-0.25, -0.2) is 8.42 Å². The summed E-state index contributed by atoms with van der Waals surface area (Å²) in [6, 6.07) is 4.64. The van der Waals surface area contributed by atoms with Crippen molar-refractivity contribution in [1.82, 2.24) is 14.1 Å². The first kappa shape index (κ1) is 18.3. The van der Waals surface area contributed by atoms with Crippen molar-refractivity contribution in [1.29, 1.82) is 0 Å². The van der Waals surface area contributed by atoms with Crippen molar-refractivity contribution >= 4 is 33.2 Å². The van der Waals surface area contributed by atoms with Gasteiger partial charge in [0, 0.05) is 31.9 Å². The number of nitrogens with zero attached hydrogens (tertiary/aromatic N) is 3. The molecular formula is C15H19Cl2N3O2S. The maximum Gasteiger partial charge on any atom is 0.246 e. The minimum absolute atomic E-state index is 0.0644. The predicted octanol–water partition coefficient (Wildman–Crippen LogP) is 3.42. The van der Waals surface area contributed by atoms with Gasteiger partial charge in [0.1, 0.15) is 4.90 Å². The summed E-state index contributed by atoms with van der Waals surface area (Å²) in [5.41, 5.74) is 2.73. The summed E-state index contributed by atoms with van der Waals surface area (Å²) < 4.78 is 28.7. The topological polar surface area (TPSA) is 55.2 Å². The predicted molar refractivity (Wildman–Crippen MR) is 92.4 cm³/mol. The molecule has 1 aromatic heterocycles. The van der Waals surface area contributed by atoms with E-state index in [1.165, 1.54) is 23.5 Å². The molecule has 2 aromatic rings. The van der Waals surface area contributed by atoms with Crippen LogP contribution in [0.15, 0.2) is 23.1 Å². The van der Waals surface area contributed by atoms with Crippen molar-refractivity contribution in [2.45, 2.75) is 31.7 Å². The molecule has 2 rings (SSSR count). The van der Waals surface area contributed by atoms with Crippen LogP contribution in [0.5, 0.6) is 0 Å². The number of benzene rings is 1. The molecule has 0 aliphatic heterocycles. The van der Waals surface area contributed by atoms with E-state index in [4.69, 9.17) is 23.2 Å². The summed E-state index contributed by atoms with van der Waals surface area (Å²) in [6.07, 6.45) is 0.771. The Kier molecular flexibility index (Phi) is 5.41. The molecule has 0 fully saturated rings. The van der Waals surface area contributed by atoms with Gasteiger partial charge in [0.05, 0.1) is 15.7 Å². The summed E-state index contributed by atoms with van der Waals surface area (Å²) in [4.78, 5) is -0.0644. The van der Waals surface area contributed by atoms with Gasteiger partial charge < -0.3 is 0 Å². The van der Waals surface area contributed by atoms with E-state index in [1.54, 1.807) is 10.7 Å². The highest BCUT2D eigenvalue weighted by molar-refractivity contribution is 7.89. The molecule has 0 saturated carbocycles. The Morgan fingerprint density at radius 3 is 2.35 bits per heavy atom. The van der Waals surface area contributed by atoms with Gasteiger partial charge in [-0.05, 0) is 25.5 Å². The van der Waals surface area contributed by atoms with Crippen LogP contribution in [-0.2, 0) is 30.0 Å². The molecule has 5 nitrogen and oxygen atoms in total. The van der Waals surface area contributed by atoms with E-state index in [1.807, 2.05) is 20.9 Å². The third-order valence-electron chi connectivity index (χ3n) is 3.78. The van der Waals surface area contributed by atoms with Crippen LogP contribution in [-0.4, -0.2) is 29.6 Å². The molecule has 0 N–H and O–H groups in total. The lowest BCUT2D eigenvalue weighted by molar-refractivity contribution is 0.464. The Bertz CT molecular complexity index is 811. The van der Waals surface area contributed by atoms with Gasteiger partial charge >= 0.3 is 0 Å². The highest BCUT2D eigenvalue weighted by Gasteiger charge is 2.28. The molecule has 0 aliphatic rings. The molecule has 1 aromatic carbocycles. The van der Waals surface area contributed by atoms with Gasteiger partial charge in [0.15, 0.2) is 0 Å². The van der Waals surface area contributed by atoms with Crippen LogP contribution in [0.1, 0.15) is 23.9 Å². The molecule has 23 heavy (non-hydrogen) atoms. The van der Waals surface area contributed by atoms with Gasteiger partial charge in [0.2, 0.25) is 10.0 Å². The summed E-state index contributed by atoms with van der Waals surface area (Å²) >= 11 is 12.1. The van der Waals surface area contributed by atoms with E-state index in [9.17, 15) is 8.42 Å². The van der Waals surface area contributed by atoms with Crippen LogP contribution in [0.3, 0.4) is 0 Å². The second-order valence-electron chi connectivity index (χ2n) is 5.30. The average Bonchev–Trinajstić information content (AvgIpc) is 2.72. The monoisotopic (exact) mass is 375 g/mol. The number of aryl methyl sites for hydroxylation is 2. The second kappa shape index (κ2) is 6.81. The Morgan fingerprint density at radius 1 is 1.26 bits per heavy atom. The SMILES string of the molecule is CCc1c(CN(C)S(=O)(=O)c2c(Cl)cccc2Cl)c(C)nn1C. The zero-order valence-corrected chi connectivity index (χ0v) is 15.8. The number of halogens is 2. The molecular weight excluding hydrogens is 357 g/mol. The molecule has 1 heterocycles. The quantitative estimate of drug-likeness (QED) is 0.804. The molecule has 0 amide bonds. The van der Waals surface area contributed by atoms with Crippen molar-refractivity contribution in [2.24, 2.45) is 7.05 Å². The lowest BCUT2D eigenvalue weighted by Crippen LogP contribution is -2.27. The van der Waals surface area contributed by atoms with Crippen LogP contribution < -0.4 is 0 Å². The highest BCUT2D eigenvalue weighted by atomic mass is 35.5. The Balaban J connectivity index is 2.43. The Morgan fingerprint density at radius 2 is 1.83 bits per heavy atom. The maximum absolute atomic E-state index is 12.8. The van der Waals surface area contributed by atoms with Crippen molar-refractivity contribution in [3.63, 3.8) is 0 Å². The molecule has 0 aliphatic carbocycles. The fraction of sp³-hybridized carbons (Fsp3) is 0.400. The van der Waals surface area contributed by atoms with Crippen LogP contribution >= 0.6 is 23.2 Å². The molecule has 0 spiro atoms. The van der Waals surface area contributed by atoms with E-state index in [-0.39, 0.29) is 21.5 Å². The van der Waals surface area contributed by atoms with Crippen molar-refractivity contribution in [2.75, 3.05) is 7.05 Å². The third kappa shape index (κ3) is 3.40. The van der Waals surface area contributed by atoms with E-state index in [0.717, 1.165) is 23.4 Å². The summed E-state index contributed by atoms with van der Waals surface area (Å²) in [5.74, 6) is 0. The lowest BCUT2D eigenvalue weighted by atomic mass is 10.1. The van der Waals surface area contributed by atoms with E-state index in [0.29, 0.717) is 0 Å². The minimum Gasteiger partial charge on any atom is -0.272 e. The number of hydrogen-bond donors (Lipinski definition) is 0. The first-order chi connectivity index (χ1) is 10.7. The average molecular weight is 376 g/mol. The number of rotatable bonds is 5. The van der Waals surface area contributed by atoms with E-state index >= 15 is 0 Å². The normalized spacial score (nSPS) is 12.1. The third-order valence-corrected chi connectivity index (χ3v) is 6.54. The molecule has 8 heteroatoms. The Labute approximate surface area is 146 Å². The number of hydrogen-bond acceptors (Lipinski definition) is 3. The molecule has 0 atom stereocenters. The maximum atomic E-state index is 12.8. The summed E-state index contributed by atoms with van der Waals surface area (Å²) in [7, 11) is -0.428. The second-order valence-corrected chi connectivity index (χ2v) is 8.10. The van der Waals surface area contributed by atoms with Gasteiger partial charge in [-0.2, -0.15) is 9.40 Å². The van der Waals surface area contributed by atoms with Crippen molar-refractivity contribution < 1.29 is 8.42 Å². The van der Waals surface area contributed by atoms with Gasteiger partial charge in [-0.15, -0.1) is 0 Å². The van der Waals surface area contributed by atoms with Crippen LogP contribution in [0, 0.1) is 6.92 Å². The highest BCUT2D eigenvalue weighted by Crippen LogP contribution is 2.32. The summed E-state index contributed by atoms with van der Waals surface area (Å²) in [5, 5.41) is 4.60. The first-order valence-electron chi connectivity index (χ1n) is 7.11. The van der Waals surface area contributed by atoms with Crippen molar-refractivity contribution in [3.8, 4) is 0 Å². The molecule has 0 saturated heterocycles. The van der Waals surface area contributed by atoms with E-state index in [2.05, 4.69) is 5.10 Å². The zero-order chi connectivity index (χ0) is 17.4. The zero-order valence-electron chi connectivity index (χ0n) is 13.5. The fourth-order valence-corrected chi connectivity index (χ4v) is 4.81. The Hall–Kier alpha value is -1.08. The summed E-state index contributed by atoms with van der Waals surface area (Å²) in [6.45, 7) is 4.10. The first-order valence-corrected chi connectivity index (χ1v) is 9.31. The fourth-order valence-electron chi connectivity index (χ4n) is 2.59. The molecule has 126 valence electrons. The van der Waals surface area contributed by atoms with Gasteiger partial charge in [0.25, 0.3) is 0 Å². The smallest absolute Gasteiger partial charge is 0.246 e. The van der Waals surface area contributed by atoms with E-state index < -0.39 is 10.0 Å². The van der Waals surface area contributed by atoms with Gasteiger partial charge in [-0.3, -0.25) is 4.68 Å². The van der Waals surface area contributed by atoms with Crippen LogP contribution in [0.4, 0.5) is 0 Å². The largest absolute Gasteiger partial charge is 0.272 e. The van der Waals surface area contributed by atoms with Crippen LogP contribution in [0.25, 0.3) is 0 Å². The molecule has 0 radical (unpaired) electrons. The number of aromatic nitrogens is 2. The van der Waals surface area contributed by atoms with Crippen molar-refractivity contribution in [3.05, 3.63) is 45.2 Å². The number of sulfonamides is 1. The molecule has 0 unspecified atom stereocenters. The lowest BCUT2D eigenvalue weighted by Gasteiger charge is -2.19. The minimum atomic E-state index is -3.80. The molecule has 0 bridgehead atoms. The van der Waals surface area contributed by atoms with Gasteiger partial charge in [-0.1, -0.05) is 36.2 Å². The van der Waals surface area contributed by atoms with Crippen LogP contribution in [0.2, 0.25) is 10.0 Å².